The van der Waals surface area contributed by atoms with Crippen LogP contribution in [0.25, 0.3) is 0 Å². The monoisotopic (exact) mass is 211 g/mol. The number of ether oxygens (including phenoxy) is 1. The summed E-state index contributed by atoms with van der Waals surface area (Å²) in [6.07, 6.45) is 1.34. The normalized spacial score (nSPS) is 25.5. The molecular formula is C10H14FN3O. The summed E-state index contributed by atoms with van der Waals surface area (Å²) in [6, 6.07) is 3.20. The fourth-order valence-electron chi connectivity index (χ4n) is 1.70. The zero-order valence-electron chi connectivity index (χ0n) is 8.53. The van der Waals surface area contributed by atoms with Gasteiger partial charge in [-0.3, -0.25) is 0 Å². The Hall–Kier alpha value is -1.20. The third-order valence-corrected chi connectivity index (χ3v) is 2.52. The predicted molar refractivity (Wildman–Crippen MR) is 55.3 cm³/mol. The SMILES string of the molecule is COC1CNCC1Nc1ccc(F)cn1. The summed E-state index contributed by atoms with van der Waals surface area (Å²) in [4.78, 5) is 3.94. The van der Waals surface area contributed by atoms with E-state index in [0.29, 0.717) is 5.82 Å². The number of aromatic nitrogens is 1. The molecule has 1 aliphatic rings. The van der Waals surface area contributed by atoms with Crippen LogP contribution in [0.4, 0.5) is 10.2 Å². The fraction of sp³-hybridized carbons (Fsp3) is 0.500. The van der Waals surface area contributed by atoms with Gasteiger partial charge in [0.15, 0.2) is 0 Å². The van der Waals surface area contributed by atoms with Gasteiger partial charge in [0, 0.05) is 20.2 Å². The molecule has 1 fully saturated rings. The van der Waals surface area contributed by atoms with Gasteiger partial charge in [-0.05, 0) is 12.1 Å². The highest BCUT2D eigenvalue weighted by Crippen LogP contribution is 2.11. The molecule has 0 radical (unpaired) electrons. The van der Waals surface area contributed by atoms with Crippen molar-refractivity contribution in [1.82, 2.24) is 10.3 Å². The highest BCUT2D eigenvalue weighted by atomic mass is 19.1. The van der Waals surface area contributed by atoms with E-state index >= 15 is 0 Å². The second-order valence-corrected chi connectivity index (χ2v) is 3.54. The van der Waals surface area contributed by atoms with E-state index in [2.05, 4.69) is 15.6 Å². The Morgan fingerprint density at radius 2 is 2.40 bits per heavy atom. The number of pyridine rings is 1. The molecular weight excluding hydrogens is 197 g/mol. The molecule has 2 unspecified atom stereocenters. The van der Waals surface area contributed by atoms with Crippen LogP contribution in [0.3, 0.4) is 0 Å². The molecule has 2 atom stereocenters. The minimum absolute atomic E-state index is 0.136. The van der Waals surface area contributed by atoms with Gasteiger partial charge >= 0.3 is 0 Å². The zero-order chi connectivity index (χ0) is 10.7. The second-order valence-electron chi connectivity index (χ2n) is 3.54. The lowest BCUT2D eigenvalue weighted by Gasteiger charge is -2.18. The van der Waals surface area contributed by atoms with Crippen LogP contribution in [0.1, 0.15) is 0 Å². The first-order chi connectivity index (χ1) is 7.29. The number of rotatable bonds is 3. The van der Waals surface area contributed by atoms with Gasteiger partial charge < -0.3 is 15.4 Å². The second kappa shape index (κ2) is 4.55. The summed E-state index contributed by atoms with van der Waals surface area (Å²) in [5, 5.41) is 6.42. The molecule has 1 saturated heterocycles. The number of nitrogens with zero attached hydrogens (tertiary/aromatic N) is 1. The van der Waals surface area contributed by atoms with Crippen molar-refractivity contribution >= 4 is 5.82 Å². The van der Waals surface area contributed by atoms with E-state index in [9.17, 15) is 4.39 Å². The van der Waals surface area contributed by atoms with Crippen LogP contribution >= 0.6 is 0 Å². The van der Waals surface area contributed by atoms with Gasteiger partial charge in [0.05, 0.1) is 18.3 Å². The Kier molecular flexibility index (Phi) is 3.13. The van der Waals surface area contributed by atoms with Crippen LogP contribution in [-0.2, 0) is 4.74 Å². The lowest BCUT2D eigenvalue weighted by Crippen LogP contribution is -2.33. The molecule has 82 valence electrons. The Labute approximate surface area is 87.8 Å². The Morgan fingerprint density at radius 3 is 3.07 bits per heavy atom. The number of halogens is 1. The van der Waals surface area contributed by atoms with E-state index in [1.165, 1.54) is 12.3 Å². The molecule has 0 amide bonds. The summed E-state index contributed by atoms with van der Waals surface area (Å²) < 4.78 is 17.9. The fourth-order valence-corrected chi connectivity index (χ4v) is 1.70. The third-order valence-electron chi connectivity index (χ3n) is 2.52. The average molecular weight is 211 g/mol. The van der Waals surface area contributed by atoms with Gasteiger partial charge in [-0.1, -0.05) is 0 Å². The molecule has 1 aromatic heterocycles. The minimum atomic E-state index is -0.326. The summed E-state index contributed by atoms with van der Waals surface area (Å²) in [5.41, 5.74) is 0. The van der Waals surface area contributed by atoms with Gasteiger partial charge in [-0.2, -0.15) is 0 Å². The molecule has 2 rings (SSSR count). The van der Waals surface area contributed by atoms with Crippen molar-refractivity contribution in [2.24, 2.45) is 0 Å². The molecule has 1 aromatic rings. The van der Waals surface area contributed by atoms with Crippen LogP contribution in [0, 0.1) is 5.82 Å². The Balaban J connectivity index is 1.99. The molecule has 2 heterocycles. The van der Waals surface area contributed by atoms with Crippen molar-refractivity contribution in [3.05, 3.63) is 24.1 Å². The Bertz CT molecular complexity index is 317. The van der Waals surface area contributed by atoms with E-state index in [4.69, 9.17) is 4.74 Å². The smallest absolute Gasteiger partial charge is 0.141 e. The van der Waals surface area contributed by atoms with Crippen molar-refractivity contribution in [2.75, 3.05) is 25.5 Å². The van der Waals surface area contributed by atoms with Crippen LogP contribution in [0.15, 0.2) is 18.3 Å². The zero-order valence-corrected chi connectivity index (χ0v) is 8.53. The number of methoxy groups -OCH3 is 1. The van der Waals surface area contributed by atoms with Crippen LogP contribution < -0.4 is 10.6 Å². The molecule has 0 aliphatic carbocycles. The van der Waals surface area contributed by atoms with Crippen molar-refractivity contribution in [2.45, 2.75) is 12.1 Å². The van der Waals surface area contributed by atoms with Crippen LogP contribution in [0.2, 0.25) is 0 Å². The van der Waals surface area contributed by atoms with Crippen molar-refractivity contribution in [3.8, 4) is 0 Å². The van der Waals surface area contributed by atoms with Crippen molar-refractivity contribution < 1.29 is 9.13 Å². The van der Waals surface area contributed by atoms with E-state index in [1.54, 1.807) is 13.2 Å². The Morgan fingerprint density at radius 1 is 1.53 bits per heavy atom. The molecule has 0 bridgehead atoms. The van der Waals surface area contributed by atoms with E-state index < -0.39 is 0 Å². The lowest BCUT2D eigenvalue weighted by molar-refractivity contribution is 0.111. The highest BCUT2D eigenvalue weighted by molar-refractivity contribution is 5.35. The first-order valence-corrected chi connectivity index (χ1v) is 4.91. The number of hydrogen-bond acceptors (Lipinski definition) is 4. The minimum Gasteiger partial charge on any atom is -0.378 e. The summed E-state index contributed by atoms with van der Waals surface area (Å²) >= 11 is 0. The average Bonchev–Trinajstić information content (AvgIpc) is 2.69. The van der Waals surface area contributed by atoms with Crippen molar-refractivity contribution in [1.29, 1.82) is 0 Å². The molecule has 15 heavy (non-hydrogen) atoms. The predicted octanol–water partition coefficient (Wildman–Crippen LogP) is 0.619. The van der Waals surface area contributed by atoms with Gasteiger partial charge in [0.2, 0.25) is 0 Å². The van der Waals surface area contributed by atoms with Gasteiger partial charge in [0.25, 0.3) is 0 Å². The molecule has 0 spiro atoms. The topological polar surface area (TPSA) is 46.2 Å². The first kappa shape index (κ1) is 10.3. The first-order valence-electron chi connectivity index (χ1n) is 4.91. The molecule has 4 nitrogen and oxygen atoms in total. The third kappa shape index (κ3) is 2.43. The maximum atomic E-state index is 12.6. The molecule has 0 aromatic carbocycles. The van der Waals surface area contributed by atoms with E-state index in [0.717, 1.165) is 13.1 Å². The van der Waals surface area contributed by atoms with Gasteiger partial charge in [-0.25, -0.2) is 9.37 Å². The summed E-state index contributed by atoms with van der Waals surface area (Å²) in [7, 11) is 1.68. The van der Waals surface area contributed by atoms with E-state index in [1.807, 2.05) is 0 Å². The highest BCUT2D eigenvalue weighted by Gasteiger charge is 2.26. The van der Waals surface area contributed by atoms with Crippen molar-refractivity contribution in [3.63, 3.8) is 0 Å². The lowest BCUT2D eigenvalue weighted by atomic mass is 10.2. The maximum Gasteiger partial charge on any atom is 0.141 e. The number of nitrogens with one attached hydrogen (secondary N) is 2. The largest absolute Gasteiger partial charge is 0.378 e. The number of anilines is 1. The van der Waals surface area contributed by atoms with Gasteiger partial charge in [-0.15, -0.1) is 0 Å². The maximum absolute atomic E-state index is 12.6. The summed E-state index contributed by atoms with van der Waals surface area (Å²) in [6.45, 7) is 1.66. The molecule has 1 aliphatic heterocycles. The molecule has 2 N–H and O–H groups in total. The van der Waals surface area contributed by atoms with Crippen LogP contribution in [0.5, 0.6) is 0 Å². The molecule has 0 saturated carbocycles. The quantitative estimate of drug-likeness (QED) is 0.769. The van der Waals surface area contributed by atoms with Gasteiger partial charge in [0.1, 0.15) is 11.6 Å². The molecule has 5 heteroatoms. The standard InChI is InChI=1S/C10H14FN3O/c1-15-9-6-12-5-8(9)14-10-3-2-7(11)4-13-10/h2-4,8-9,12H,5-6H2,1H3,(H,13,14). The van der Waals surface area contributed by atoms with E-state index in [-0.39, 0.29) is 18.0 Å². The summed E-state index contributed by atoms with van der Waals surface area (Å²) in [5.74, 6) is 0.348. The van der Waals surface area contributed by atoms with Crippen LogP contribution in [-0.4, -0.2) is 37.3 Å². The number of hydrogen-bond donors (Lipinski definition) is 2.